The molecule has 1 aromatic rings. The van der Waals surface area contributed by atoms with Gasteiger partial charge in [0.2, 0.25) is 0 Å². The summed E-state index contributed by atoms with van der Waals surface area (Å²) in [4.78, 5) is 6.59. The maximum absolute atomic E-state index is 8.98. The minimum absolute atomic E-state index is 0.0468. The number of pyridine rings is 1. The Balaban J connectivity index is 2.00. The van der Waals surface area contributed by atoms with Crippen molar-refractivity contribution in [3.8, 4) is 0 Å². The van der Waals surface area contributed by atoms with Crippen LogP contribution in [0.15, 0.2) is 18.3 Å². The largest absolute Gasteiger partial charge is 0.392 e. The summed E-state index contributed by atoms with van der Waals surface area (Å²) in [5.74, 6) is 0.959. The Bertz CT molecular complexity index is 334. The van der Waals surface area contributed by atoms with Crippen LogP contribution < -0.4 is 4.90 Å². The molecule has 0 saturated carbocycles. The second-order valence-corrected chi connectivity index (χ2v) is 4.36. The van der Waals surface area contributed by atoms with E-state index in [0.29, 0.717) is 6.10 Å². The Hall–Kier alpha value is -1.13. The molecule has 1 aromatic heterocycles. The summed E-state index contributed by atoms with van der Waals surface area (Å²) in [5, 5.41) is 8.98. The summed E-state index contributed by atoms with van der Waals surface area (Å²) in [6, 6.07) is 3.88. The van der Waals surface area contributed by atoms with E-state index in [1.165, 1.54) is 6.42 Å². The van der Waals surface area contributed by atoms with Gasteiger partial charge in [-0.15, -0.1) is 0 Å². The average Bonchev–Trinajstić information content (AvgIpc) is 2.89. The normalized spacial score (nSPS) is 19.5. The van der Waals surface area contributed by atoms with E-state index in [-0.39, 0.29) is 6.61 Å². The first kappa shape index (κ1) is 12.3. The summed E-state index contributed by atoms with van der Waals surface area (Å²) < 4.78 is 5.64. The zero-order valence-electron chi connectivity index (χ0n) is 10.3. The van der Waals surface area contributed by atoms with Gasteiger partial charge in [0.15, 0.2) is 0 Å². The zero-order valence-corrected chi connectivity index (χ0v) is 10.3. The summed E-state index contributed by atoms with van der Waals surface area (Å²) in [6.07, 6.45) is 4.38. The molecule has 0 spiro atoms. The lowest BCUT2D eigenvalue weighted by Crippen LogP contribution is -2.32. The molecule has 0 bridgehead atoms. The Kier molecular flexibility index (Phi) is 4.34. The highest BCUT2D eigenvalue weighted by Gasteiger charge is 2.19. The third kappa shape index (κ3) is 3.17. The lowest BCUT2D eigenvalue weighted by atomic mass is 10.2. The molecule has 0 amide bonds. The number of rotatable bonds is 5. The van der Waals surface area contributed by atoms with Crippen molar-refractivity contribution >= 4 is 5.82 Å². The molecule has 1 atom stereocenters. The first-order valence-electron chi connectivity index (χ1n) is 6.25. The monoisotopic (exact) mass is 236 g/mol. The Morgan fingerprint density at radius 3 is 2.94 bits per heavy atom. The van der Waals surface area contributed by atoms with Gasteiger partial charge in [0.05, 0.1) is 12.7 Å². The lowest BCUT2D eigenvalue weighted by molar-refractivity contribution is 0.115. The van der Waals surface area contributed by atoms with Gasteiger partial charge in [0, 0.05) is 25.9 Å². The van der Waals surface area contributed by atoms with E-state index >= 15 is 0 Å². The number of aliphatic hydroxyl groups excluding tert-OH is 1. The van der Waals surface area contributed by atoms with Gasteiger partial charge in [-0.05, 0) is 31.4 Å². The van der Waals surface area contributed by atoms with Crippen molar-refractivity contribution in [1.29, 1.82) is 0 Å². The first-order valence-corrected chi connectivity index (χ1v) is 6.25. The molecule has 1 aliphatic rings. The predicted molar refractivity (Wildman–Crippen MR) is 67.0 cm³/mol. The van der Waals surface area contributed by atoms with E-state index in [9.17, 15) is 0 Å². The number of likely N-dealkylation sites (N-methyl/N-ethyl adjacent to an activating group) is 1. The van der Waals surface area contributed by atoms with Crippen LogP contribution in [0.1, 0.15) is 25.3 Å². The Morgan fingerprint density at radius 2 is 2.41 bits per heavy atom. The van der Waals surface area contributed by atoms with Crippen LogP contribution in [0.5, 0.6) is 0 Å². The highest BCUT2D eigenvalue weighted by atomic mass is 16.5. The van der Waals surface area contributed by atoms with Gasteiger partial charge >= 0.3 is 0 Å². The molecule has 1 aliphatic heterocycles. The van der Waals surface area contributed by atoms with Gasteiger partial charge in [-0.2, -0.15) is 0 Å². The molecule has 1 unspecified atom stereocenters. The molecule has 1 N–H and O–H groups in total. The van der Waals surface area contributed by atoms with Gasteiger partial charge in [-0.3, -0.25) is 0 Å². The maximum Gasteiger partial charge on any atom is 0.128 e. The van der Waals surface area contributed by atoms with Crippen molar-refractivity contribution in [2.75, 3.05) is 24.6 Å². The standard InChI is InChI=1S/C13H20N2O2/c1-2-15(9-12-4-3-7-17-12)13-6-5-11(10-16)8-14-13/h5-6,8,12,16H,2-4,7,9-10H2,1H3. The number of anilines is 1. The number of ether oxygens (including phenoxy) is 1. The molecule has 0 radical (unpaired) electrons. The molecule has 0 aromatic carbocycles. The topological polar surface area (TPSA) is 45.6 Å². The second-order valence-electron chi connectivity index (χ2n) is 4.36. The van der Waals surface area contributed by atoms with E-state index in [0.717, 1.165) is 37.5 Å². The van der Waals surface area contributed by atoms with Gasteiger partial charge in [0.1, 0.15) is 5.82 Å². The molecule has 17 heavy (non-hydrogen) atoms. The van der Waals surface area contributed by atoms with Crippen LogP contribution in [0.4, 0.5) is 5.82 Å². The predicted octanol–water partition coefficient (Wildman–Crippen LogP) is 1.58. The van der Waals surface area contributed by atoms with Crippen molar-refractivity contribution in [3.63, 3.8) is 0 Å². The average molecular weight is 236 g/mol. The molecule has 2 heterocycles. The van der Waals surface area contributed by atoms with Gasteiger partial charge in [0.25, 0.3) is 0 Å². The number of aliphatic hydroxyl groups is 1. The van der Waals surface area contributed by atoms with Gasteiger partial charge < -0.3 is 14.7 Å². The summed E-state index contributed by atoms with van der Waals surface area (Å²) in [5.41, 5.74) is 0.849. The molecule has 4 nitrogen and oxygen atoms in total. The summed E-state index contributed by atoms with van der Waals surface area (Å²) >= 11 is 0. The van der Waals surface area contributed by atoms with E-state index in [1.807, 2.05) is 12.1 Å². The minimum Gasteiger partial charge on any atom is -0.392 e. The van der Waals surface area contributed by atoms with E-state index in [4.69, 9.17) is 9.84 Å². The summed E-state index contributed by atoms with van der Waals surface area (Å²) in [6.45, 7) is 4.88. The van der Waals surface area contributed by atoms with Crippen LogP contribution in [0.2, 0.25) is 0 Å². The summed E-state index contributed by atoms with van der Waals surface area (Å²) in [7, 11) is 0. The fourth-order valence-electron chi connectivity index (χ4n) is 2.12. The van der Waals surface area contributed by atoms with Crippen LogP contribution in [0.3, 0.4) is 0 Å². The van der Waals surface area contributed by atoms with Crippen LogP contribution in [0, 0.1) is 0 Å². The van der Waals surface area contributed by atoms with E-state index < -0.39 is 0 Å². The van der Waals surface area contributed by atoms with Crippen LogP contribution >= 0.6 is 0 Å². The number of hydrogen-bond donors (Lipinski definition) is 1. The first-order chi connectivity index (χ1) is 8.33. The zero-order chi connectivity index (χ0) is 12.1. The molecule has 1 saturated heterocycles. The Morgan fingerprint density at radius 1 is 1.53 bits per heavy atom. The fourth-order valence-corrected chi connectivity index (χ4v) is 2.12. The highest BCUT2D eigenvalue weighted by Crippen LogP contribution is 2.17. The third-order valence-corrected chi connectivity index (χ3v) is 3.15. The molecule has 2 rings (SSSR count). The third-order valence-electron chi connectivity index (χ3n) is 3.15. The van der Waals surface area contributed by atoms with Crippen molar-refractivity contribution in [2.45, 2.75) is 32.5 Å². The maximum atomic E-state index is 8.98. The molecule has 94 valence electrons. The SMILES string of the molecule is CCN(CC1CCCO1)c1ccc(CO)cn1. The quantitative estimate of drug-likeness (QED) is 0.843. The minimum atomic E-state index is 0.0468. The van der Waals surface area contributed by atoms with Crippen LogP contribution in [-0.4, -0.2) is 35.9 Å². The Labute approximate surface area is 102 Å². The second kappa shape index (κ2) is 5.98. The smallest absolute Gasteiger partial charge is 0.128 e. The molecular formula is C13H20N2O2. The van der Waals surface area contributed by atoms with Gasteiger partial charge in [-0.1, -0.05) is 6.07 Å². The molecule has 0 aliphatic carbocycles. The number of aromatic nitrogens is 1. The van der Waals surface area contributed by atoms with Gasteiger partial charge in [-0.25, -0.2) is 4.98 Å². The highest BCUT2D eigenvalue weighted by molar-refractivity contribution is 5.39. The van der Waals surface area contributed by atoms with Crippen molar-refractivity contribution < 1.29 is 9.84 Å². The molecule has 4 heteroatoms. The molecule has 1 fully saturated rings. The lowest BCUT2D eigenvalue weighted by Gasteiger charge is -2.25. The molecular weight excluding hydrogens is 216 g/mol. The van der Waals surface area contributed by atoms with Crippen LogP contribution in [0.25, 0.3) is 0 Å². The van der Waals surface area contributed by atoms with E-state index in [1.54, 1.807) is 6.20 Å². The fraction of sp³-hybridized carbons (Fsp3) is 0.615. The van der Waals surface area contributed by atoms with E-state index in [2.05, 4.69) is 16.8 Å². The number of nitrogens with zero attached hydrogens (tertiary/aromatic N) is 2. The van der Waals surface area contributed by atoms with Crippen molar-refractivity contribution in [3.05, 3.63) is 23.9 Å². The van der Waals surface area contributed by atoms with Crippen LogP contribution in [-0.2, 0) is 11.3 Å². The van der Waals surface area contributed by atoms with Crippen molar-refractivity contribution in [1.82, 2.24) is 4.98 Å². The van der Waals surface area contributed by atoms with Crippen molar-refractivity contribution in [2.24, 2.45) is 0 Å². The number of hydrogen-bond acceptors (Lipinski definition) is 4.